The van der Waals surface area contributed by atoms with Crippen molar-refractivity contribution in [3.8, 4) is 0 Å². The lowest BCUT2D eigenvalue weighted by atomic mass is 9.96. The normalized spacial score (nSPS) is 11.1. The highest BCUT2D eigenvalue weighted by atomic mass is 14.8. The molecule has 0 aromatic heterocycles. The van der Waals surface area contributed by atoms with E-state index in [1.165, 1.54) is 94.6 Å². The average Bonchev–Trinajstić information content (AvgIpc) is 0.819. The molecule has 0 heterocycles. The highest BCUT2D eigenvalue weighted by Gasteiger charge is 2.16. The zero-order valence-electron chi connectivity index (χ0n) is 85.9. The quantitative estimate of drug-likeness (QED) is 0.0723. The molecule has 0 aliphatic carbocycles. The fraction of sp³-hybridized carbons (Fsp3) is 0.117. The number of nitrogens with zero attached hydrogens (tertiary/aromatic N) is 7. The molecule has 0 aliphatic rings. The number of aryl methyl sites for hydroxylation is 14. The molecule has 19 aromatic rings. The first-order valence-electron chi connectivity index (χ1n) is 49.2. The summed E-state index contributed by atoms with van der Waals surface area (Å²) in [5, 5.41) is 0. The lowest BCUT2D eigenvalue weighted by molar-refractivity contribution is 1.35. The predicted octanol–water partition coefficient (Wildman–Crippen LogP) is 36.3. The summed E-state index contributed by atoms with van der Waals surface area (Å²) >= 11 is 0. The van der Waals surface area contributed by atoms with Crippen LogP contribution in [0.3, 0.4) is 0 Å². The molecule has 144 heavy (non-hydrogen) atoms. The lowest BCUT2D eigenvalue weighted by Crippen LogP contribution is -2.05. The molecule has 0 saturated carbocycles. The van der Waals surface area contributed by atoms with Crippen molar-refractivity contribution in [2.24, 2.45) is 34.9 Å². The first kappa shape index (κ1) is 104. The fourth-order valence-electron chi connectivity index (χ4n) is 15.7. The maximum Gasteiger partial charge on any atom is 0.0784 e. The first-order valence-corrected chi connectivity index (χ1v) is 49.2. The van der Waals surface area contributed by atoms with Crippen molar-refractivity contribution in [3.05, 3.63) is 636 Å². The second kappa shape index (κ2) is 53.9. The molecular weight excluding hydrogens is 1740 g/mol. The molecule has 7 nitrogen and oxygen atoms in total. The highest BCUT2D eigenvalue weighted by Crippen LogP contribution is 2.29. The fourth-order valence-corrected chi connectivity index (χ4v) is 15.7. The van der Waals surface area contributed by atoms with Crippen LogP contribution in [0.2, 0.25) is 0 Å². The minimum Gasteiger partial charge on any atom is -0.253 e. The standard InChI is InChI=1S/5C21H19N.2C16H17N/c1-16-13-14-17(2)20(15-16)21(18-9-5-3-6-10-18)22-19-11-7-4-8-12-19;1-16-8-6-10-18(14-16)21(19-11-7-9-17(2)15-19)22-20-12-4-3-5-13-20;1-16-11-13-19(14-12-16)21(18-8-4-3-5-9-18)22-20-10-6-7-17(2)15-20;1-16-8-12-18(13-9-16)21(19-14-10-17(2)11-15-19)22-20-6-4-3-5-7-20;1-16-8-12-19(13-9-16)21(18-6-4-3-5-7-18)22-20-14-10-17(2)11-15-20;1-12-4-8-15(9-5-12)14(3)17-16-10-6-13(2)7-11-16;1-12-9-10-13(2)16(11-12)14(3)17-15-7-5-4-6-8-15/h5*3-15H,1-2H3;2*4-11H,1-3H3. The van der Waals surface area contributed by atoms with Crippen molar-refractivity contribution in [1.82, 2.24) is 0 Å². The Labute approximate surface area is 855 Å². The van der Waals surface area contributed by atoms with Crippen LogP contribution >= 0.6 is 0 Å². The number of hydrogen-bond donors (Lipinski definition) is 0. The van der Waals surface area contributed by atoms with Crippen LogP contribution in [0.25, 0.3) is 0 Å². The molecule has 0 amide bonds. The maximum absolute atomic E-state index is 4.92. The summed E-state index contributed by atoms with van der Waals surface area (Å²) in [6.07, 6.45) is 0. The third kappa shape index (κ3) is 33.0. The molecule has 0 spiro atoms. The van der Waals surface area contributed by atoms with Crippen LogP contribution in [0, 0.1) is 96.9 Å². The average molecular weight is 1870 g/mol. The Hall–Kier alpha value is -17.1. The van der Waals surface area contributed by atoms with Crippen molar-refractivity contribution >= 4 is 79.8 Å². The molecule has 0 saturated heterocycles. The summed E-state index contributed by atoms with van der Waals surface area (Å²) in [5.41, 5.74) is 45.4. The molecule has 0 radical (unpaired) electrons. The SMILES string of the molecule is CC(=Nc1ccc(C)cc1)c1ccc(C)cc1.CC(=Nc1ccccc1)c1cc(C)ccc1C.Cc1ccc(C(=Nc2cccc(C)c2)c2ccccc2)cc1.Cc1ccc(C(=Nc2ccccc2)c2ccc(C)cc2)cc1.Cc1ccc(C)c(C(=Nc2ccccc2)c2ccccc2)c1.Cc1ccc(N=C(c2ccccc2)c2ccc(C)cc2)cc1.Cc1cccc(C(=Nc2ccccc2)c2cccc(C)c2)c1. The van der Waals surface area contributed by atoms with Crippen molar-refractivity contribution in [2.75, 3.05) is 0 Å². The second-order valence-corrected chi connectivity index (χ2v) is 36.4. The van der Waals surface area contributed by atoms with Crippen LogP contribution in [0.4, 0.5) is 39.8 Å². The minimum atomic E-state index is 0.971. The summed E-state index contributed by atoms with van der Waals surface area (Å²) in [6, 6.07) is 169. The summed E-state index contributed by atoms with van der Waals surface area (Å²) in [7, 11) is 0. The van der Waals surface area contributed by atoms with Gasteiger partial charge in [0.2, 0.25) is 0 Å². The van der Waals surface area contributed by atoms with E-state index in [0.29, 0.717) is 0 Å². The zero-order chi connectivity index (χ0) is 101. The Balaban J connectivity index is 0.000000141. The third-order valence-electron chi connectivity index (χ3n) is 23.8. The lowest BCUT2D eigenvalue weighted by Gasteiger charge is -2.11. The van der Waals surface area contributed by atoms with Crippen LogP contribution in [-0.4, -0.2) is 40.0 Å². The van der Waals surface area contributed by atoms with Gasteiger partial charge in [-0.25, -0.2) is 25.0 Å². The van der Waals surface area contributed by atoms with Gasteiger partial charge in [-0.3, -0.25) is 9.98 Å². The summed E-state index contributed by atoms with van der Waals surface area (Å²) in [4.78, 5) is 33.7. The molecule has 712 valence electrons. The van der Waals surface area contributed by atoms with E-state index < -0.39 is 0 Å². The largest absolute Gasteiger partial charge is 0.253 e. The zero-order valence-corrected chi connectivity index (χ0v) is 85.9. The molecule has 19 rings (SSSR count). The van der Waals surface area contributed by atoms with Gasteiger partial charge in [0, 0.05) is 67.1 Å². The van der Waals surface area contributed by atoms with E-state index in [1.54, 1.807) is 0 Å². The monoisotopic (exact) mass is 1870 g/mol. The highest BCUT2D eigenvalue weighted by molar-refractivity contribution is 6.17. The number of rotatable bonds is 19. The van der Waals surface area contributed by atoms with Gasteiger partial charge in [0.1, 0.15) is 0 Å². The van der Waals surface area contributed by atoms with Gasteiger partial charge in [-0.2, -0.15) is 0 Å². The Kier molecular flexibility index (Phi) is 39.0. The number of aliphatic imine (C=N–C) groups is 7. The molecule has 0 fully saturated rings. The smallest absolute Gasteiger partial charge is 0.0784 e. The van der Waals surface area contributed by atoms with Crippen molar-refractivity contribution in [1.29, 1.82) is 0 Å². The molecule has 0 unspecified atom stereocenters. The van der Waals surface area contributed by atoms with Crippen LogP contribution in [0.5, 0.6) is 0 Å². The van der Waals surface area contributed by atoms with E-state index in [9.17, 15) is 0 Å². The maximum atomic E-state index is 4.92. The molecule has 19 aromatic carbocycles. The Morgan fingerprint density at radius 3 is 0.653 bits per heavy atom. The van der Waals surface area contributed by atoms with Crippen molar-refractivity contribution in [3.63, 3.8) is 0 Å². The van der Waals surface area contributed by atoms with Crippen molar-refractivity contribution in [2.45, 2.75) is 111 Å². The van der Waals surface area contributed by atoms with Crippen molar-refractivity contribution < 1.29 is 0 Å². The van der Waals surface area contributed by atoms with E-state index in [4.69, 9.17) is 25.0 Å². The Morgan fingerprint density at radius 2 is 0.326 bits per heavy atom. The molecule has 0 atom stereocenters. The van der Waals surface area contributed by atoms with Gasteiger partial charge in [-0.05, 0) is 248 Å². The van der Waals surface area contributed by atoms with Crippen LogP contribution in [0.15, 0.2) is 526 Å². The Bertz CT molecular complexity index is 7410. The van der Waals surface area contributed by atoms with Gasteiger partial charge in [-0.15, -0.1) is 0 Å². The van der Waals surface area contributed by atoms with E-state index >= 15 is 0 Å². The molecule has 0 aliphatic heterocycles. The summed E-state index contributed by atoms with van der Waals surface area (Å²) in [5.74, 6) is 0. The summed E-state index contributed by atoms with van der Waals surface area (Å²) in [6.45, 7) is 33.6. The summed E-state index contributed by atoms with van der Waals surface area (Å²) < 4.78 is 0. The number of benzene rings is 19. The number of para-hydroxylation sites is 4. The van der Waals surface area contributed by atoms with E-state index in [-0.39, 0.29) is 0 Å². The van der Waals surface area contributed by atoms with Crippen LogP contribution < -0.4 is 0 Å². The number of hydrogen-bond acceptors (Lipinski definition) is 7. The Morgan fingerprint density at radius 1 is 0.125 bits per heavy atom. The van der Waals surface area contributed by atoms with Gasteiger partial charge in [0.15, 0.2) is 0 Å². The van der Waals surface area contributed by atoms with Gasteiger partial charge >= 0.3 is 0 Å². The van der Waals surface area contributed by atoms with E-state index in [0.717, 1.165) is 130 Å². The molecule has 0 N–H and O–H groups in total. The van der Waals surface area contributed by atoms with Gasteiger partial charge in [-0.1, -0.05) is 443 Å². The third-order valence-corrected chi connectivity index (χ3v) is 23.8. The van der Waals surface area contributed by atoms with Crippen LogP contribution in [0.1, 0.15) is 158 Å². The second-order valence-electron chi connectivity index (χ2n) is 36.4. The van der Waals surface area contributed by atoms with Gasteiger partial charge in [0.25, 0.3) is 0 Å². The van der Waals surface area contributed by atoms with E-state index in [1.807, 2.05) is 183 Å². The van der Waals surface area contributed by atoms with Gasteiger partial charge in [0.05, 0.1) is 68.4 Å². The molecular formula is C137H129N7. The molecule has 7 heteroatoms. The molecule has 0 bridgehead atoms. The minimum absolute atomic E-state index is 0.971. The predicted molar refractivity (Wildman–Crippen MR) is 619 cm³/mol. The van der Waals surface area contributed by atoms with Crippen LogP contribution in [-0.2, 0) is 0 Å². The van der Waals surface area contributed by atoms with E-state index in [2.05, 4.69) is 429 Å². The topological polar surface area (TPSA) is 86.5 Å². The first-order chi connectivity index (χ1) is 69.9. The van der Waals surface area contributed by atoms with Gasteiger partial charge < -0.3 is 0 Å².